The fourth-order valence-corrected chi connectivity index (χ4v) is 4.64. The van der Waals surface area contributed by atoms with E-state index in [1.165, 1.54) is 12.1 Å². The summed E-state index contributed by atoms with van der Waals surface area (Å²) in [6.45, 7) is 2.56. The number of rotatable bonds is 4. The molecule has 148 valence electrons. The van der Waals surface area contributed by atoms with Crippen molar-refractivity contribution in [3.63, 3.8) is 0 Å². The molecule has 0 atom stereocenters. The summed E-state index contributed by atoms with van der Waals surface area (Å²) in [6, 6.07) is 21.2. The Balaban J connectivity index is 1.62. The first kappa shape index (κ1) is 19.2. The van der Waals surface area contributed by atoms with Crippen LogP contribution in [0.15, 0.2) is 77.7 Å². The molecule has 3 aromatic carbocycles. The van der Waals surface area contributed by atoms with Gasteiger partial charge < -0.3 is 4.90 Å². The predicted molar refractivity (Wildman–Crippen MR) is 115 cm³/mol. The first-order valence-corrected chi connectivity index (χ1v) is 11.0. The number of anilines is 2. The van der Waals surface area contributed by atoms with Crippen molar-refractivity contribution < 1.29 is 13.2 Å². The summed E-state index contributed by atoms with van der Waals surface area (Å²) in [5.41, 5.74) is 3.92. The fourth-order valence-electron chi connectivity index (χ4n) is 3.53. The maximum Gasteiger partial charge on any atom is 0.261 e. The quantitative estimate of drug-likeness (QED) is 0.699. The van der Waals surface area contributed by atoms with Crippen molar-refractivity contribution in [1.29, 1.82) is 0 Å². The van der Waals surface area contributed by atoms with E-state index in [4.69, 9.17) is 0 Å². The van der Waals surface area contributed by atoms with Gasteiger partial charge in [0.1, 0.15) is 0 Å². The van der Waals surface area contributed by atoms with E-state index < -0.39 is 10.0 Å². The first-order chi connectivity index (χ1) is 13.9. The molecule has 1 N–H and O–H groups in total. The number of nitrogens with zero attached hydrogens (tertiary/aromatic N) is 1. The lowest BCUT2D eigenvalue weighted by atomic mass is 10.0. The lowest BCUT2D eigenvalue weighted by Gasteiger charge is -2.29. The normalized spacial score (nSPS) is 13.6. The van der Waals surface area contributed by atoms with Gasteiger partial charge in [-0.3, -0.25) is 9.52 Å². The summed E-state index contributed by atoms with van der Waals surface area (Å²) in [5.74, 6) is -0.190. The second-order valence-corrected chi connectivity index (χ2v) is 8.87. The van der Waals surface area contributed by atoms with Gasteiger partial charge in [-0.15, -0.1) is 0 Å². The van der Waals surface area contributed by atoms with Crippen LogP contribution in [-0.2, 0) is 16.4 Å². The number of hydrogen-bond acceptors (Lipinski definition) is 3. The molecule has 0 aliphatic carbocycles. The van der Waals surface area contributed by atoms with Crippen LogP contribution < -0.4 is 9.62 Å². The molecule has 1 aliphatic rings. The minimum Gasteiger partial charge on any atom is -0.308 e. The monoisotopic (exact) mass is 406 g/mol. The van der Waals surface area contributed by atoms with Crippen molar-refractivity contribution >= 4 is 27.3 Å². The highest BCUT2D eigenvalue weighted by Crippen LogP contribution is 2.28. The molecule has 3 aromatic rings. The zero-order chi connectivity index (χ0) is 20.4. The van der Waals surface area contributed by atoms with Gasteiger partial charge in [0.05, 0.1) is 4.90 Å². The van der Waals surface area contributed by atoms with Gasteiger partial charge >= 0.3 is 0 Å². The van der Waals surface area contributed by atoms with E-state index in [1.54, 1.807) is 29.2 Å². The SMILES string of the molecule is Cc1ccc(NS(=O)(=O)c2cccc(C(=O)N3CCCc4ccccc43)c2)cc1. The van der Waals surface area contributed by atoms with Crippen LogP contribution in [0, 0.1) is 6.92 Å². The smallest absolute Gasteiger partial charge is 0.261 e. The third-order valence-corrected chi connectivity index (χ3v) is 6.43. The zero-order valence-corrected chi connectivity index (χ0v) is 16.9. The Hall–Kier alpha value is -3.12. The van der Waals surface area contributed by atoms with Crippen LogP contribution in [0.25, 0.3) is 0 Å². The van der Waals surface area contributed by atoms with Gasteiger partial charge in [0.15, 0.2) is 0 Å². The van der Waals surface area contributed by atoms with E-state index in [-0.39, 0.29) is 10.8 Å². The number of sulfonamides is 1. The summed E-state index contributed by atoms with van der Waals surface area (Å²) in [4.78, 5) is 14.9. The zero-order valence-electron chi connectivity index (χ0n) is 16.1. The van der Waals surface area contributed by atoms with Gasteiger partial charge in [-0.1, -0.05) is 42.0 Å². The van der Waals surface area contributed by atoms with Crippen molar-refractivity contribution in [2.45, 2.75) is 24.7 Å². The van der Waals surface area contributed by atoms with Crippen molar-refractivity contribution in [2.75, 3.05) is 16.2 Å². The molecule has 1 heterocycles. The average molecular weight is 407 g/mol. The van der Waals surface area contributed by atoms with Gasteiger partial charge in [-0.2, -0.15) is 0 Å². The van der Waals surface area contributed by atoms with Crippen molar-refractivity contribution in [3.8, 4) is 0 Å². The molecule has 5 nitrogen and oxygen atoms in total. The summed E-state index contributed by atoms with van der Waals surface area (Å²) >= 11 is 0. The van der Waals surface area contributed by atoms with E-state index in [0.29, 0.717) is 17.8 Å². The lowest BCUT2D eigenvalue weighted by molar-refractivity contribution is 0.0985. The Morgan fingerprint density at radius 2 is 1.72 bits per heavy atom. The van der Waals surface area contributed by atoms with Gasteiger partial charge in [0.25, 0.3) is 15.9 Å². The largest absolute Gasteiger partial charge is 0.308 e. The Bertz CT molecular complexity index is 1150. The molecule has 0 spiro atoms. The maximum atomic E-state index is 13.1. The van der Waals surface area contributed by atoms with Gasteiger partial charge in [-0.05, 0) is 61.7 Å². The van der Waals surface area contributed by atoms with Gasteiger partial charge in [0, 0.05) is 23.5 Å². The molecule has 0 fully saturated rings. The number of carbonyl (C=O) groups excluding carboxylic acids is 1. The van der Waals surface area contributed by atoms with E-state index in [2.05, 4.69) is 4.72 Å². The molecule has 4 rings (SSSR count). The molecular formula is C23H22N2O3S. The molecule has 0 bridgehead atoms. The van der Waals surface area contributed by atoms with Gasteiger partial charge in [0.2, 0.25) is 0 Å². The highest BCUT2D eigenvalue weighted by molar-refractivity contribution is 7.92. The highest BCUT2D eigenvalue weighted by atomic mass is 32.2. The van der Waals surface area contributed by atoms with Crippen LogP contribution in [0.4, 0.5) is 11.4 Å². The Morgan fingerprint density at radius 1 is 0.966 bits per heavy atom. The van der Waals surface area contributed by atoms with Crippen molar-refractivity contribution in [3.05, 3.63) is 89.5 Å². The number of para-hydroxylation sites is 1. The summed E-state index contributed by atoms with van der Waals surface area (Å²) in [6.07, 6.45) is 1.82. The summed E-state index contributed by atoms with van der Waals surface area (Å²) in [7, 11) is -3.79. The summed E-state index contributed by atoms with van der Waals surface area (Å²) in [5, 5.41) is 0. The summed E-state index contributed by atoms with van der Waals surface area (Å²) < 4.78 is 28.2. The van der Waals surface area contributed by atoms with Crippen LogP contribution >= 0.6 is 0 Å². The predicted octanol–water partition coefficient (Wildman–Crippen LogP) is 4.39. The number of fused-ring (bicyclic) bond motifs is 1. The topological polar surface area (TPSA) is 66.5 Å². The Kier molecular flexibility index (Phi) is 5.11. The number of aryl methyl sites for hydroxylation is 2. The fraction of sp³-hybridized carbons (Fsp3) is 0.174. The van der Waals surface area contributed by atoms with E-state index in [9.17, 15) is 13.2 Å². The van der Waals surface area contributed by atoms with Crippen molar-refractivity contribution in [2.24, 2.45) is 0 Å². The van der Waals surface area contributed by atoms with Crippen LogP contribution in [0.1, 0.15) is 27.9 Å². The molecular weight excluding hydrogens is 384 g/mol. The lowest BCUT2D eigenvalue weighted by Crippen LogP contribution is -2.35. The maximum absolute atomic E-state index is 13.1. The molecule has 6 heteroatoms. The number of carbonyl (C=O) groups is 1. The molecule has 1 amide bonds. The van der Waals surface area contributed by atoms with E-state index >= 15 is 0 Å². The first-order valence-electron chi connectivity index (χ1n) is 9.53. The van der Waals surface area contributed by atoms with Gasteiger partial charge in [-0.25, -0.2) is 8.42 Å². The molecule has 0 radical (unpaired) electrons. The Labute approximate surface area is 171 Å². The molecule has 0 aromatic heterocycles. The molecule has 0 saturated carbocycles. The van der Waals surface area contributed by atoms with Crippen LogP contribution in [0.2, 0.25) is 0 Å². The highest BCUT2D eigenvalue weighted by Gasteiger charge is 2.24. The number of nitrogens with one attached hydrogen (secondary N) is 1. The third-order valence-electron chi connectivity index (χ3n) is 5.05. The molecule has 29 heavy (non-hydrogen) atoms. The average Bonchev–Trinajstić information content (AvgIpc) is 2.74. The second kappa shape index (κ2) is 7.72. The third kappa shape index (κ3) is 4.03. The number of hydrogen-bond donors (Lipinski definition) is 1. The number of benzene rings is 3. The number of amides is 1. The Morgan fingerprint density at radius 3 is 2.52 bits per heavy atom. The minimum absolute atomic E-state index is 0.0641. The molecule has 0 saturated heterocycles. The second-order valence-electron chi connectivity index (χ2n) is 7.19. The van der Waals surface area contributed by atoms with E-state index in [1.807, 2.05) is 43.3 Å². The standard InChI is InChI=1S/C23H22N2O3S/c1-17-11-13-20(14-12-17)24-29(27,28)21-9-4-7-19(16-21)23(26)25-15-5-8-18-6-2-3-10-22(18)25/h2-4,6-7,9-14,16,24H,5,8,15H2,1H3. The minimum atomic E-state index is -3.79. The molecule has 1 aliphatic heterocycles. The van der Waals surface area contributed by atoms with Crippen LogP contribution in [0.5, 0.6) is 0 Å². The van der Waals surface area contributed by atoms with E-state index in [0.717, 1.165) is 29.7 Å². The van der Waals surface area contributed by atoms with Crippen LogP contribution in [-0.4, -0.2) is 20.9 Å². The van der Waals surface area contributed by atoms with Crippen molar-refractivity contribution in [1.82, 2.24) is 0 Å². The van der Waals surface area contributed by atoms with Crippen LogP contribution in [0.3, 0.4) is 0 Å². The molecule has 0 unspecified atom stereocenters.